The molecule has 2 unspecified atom stereocenters. The number of hydrogen-bond acceptors (Lipinski definition) is 4. The van der Waals surface area contributed by atoms with Crippen LogP contribution >= 0.6 is 0 Å². The van der Waals surface area contributed by atoms with Crippen molar-refractivity contribution in [3.8, 4) is 5.88 Å². The van der Waals surface area contributed by atoms with Crippen molar-refractivity contribution in [2.75, 3.05) is 12.0 Å². The zero-order valence-electron chi connectivity index (χ0n) is 10.2. The van der Waals surface area contributed by atoms with E-state index in [0.29, 0.717) is 24.0 Å². The minimum absolute atomic E-state index is 0.384. The first kappa shape index (κ1) is 10.8. The fourth-order valence-electron chi connectivity index (χ4n) is 3.29. The third-order valence-electron chi connectivity index (χ3n) is 4.00. The molecular formula is C13H19N3O. The van der Waals surface area contributed by atoms with Crippen molar-refractivity contribution >= 4 is 5.69 Å². The molecular weight excluding hydrogens is 214 g/mol. The standard InChI is InChI=1S/C13H19N3O/c1-17-13-5-4-12(8-15-13)16-10-2-3-11(16)7-9(14)6-10/h4-5,8-11H,2-3,6-7,14H2,1H3. The molecule has 2 atom stereocenters. The molecule has 3 heterocycles. The van der Waals surface area contributed by atoms with Gasteiger partial charge < -0.3 is 15.4 Å². The molecule has 2 N–H and O–H groups in total. The summed E-state index contributed by atoms with van der Waals surface area (Å²) in [6, 6.07) is 5.64. The summed E-state index contributed by atoms with van der Waals surface area (Å²) in [6.07, 6.45) is 6.68. The lowest BCUT2D eigenvalue weighted by molar-refractivity contribution is 0.396. The molecule has 0 spiro atoms. The van der Waals surface area contributed by atoms with E-state index in [1.165, 1.54) is 18.5 Å². The van der Waals surface area contributed by atoms with E-state index in [4.69, 9.17) is 10.5 Å². The molecule has 0 aromatic carbocycles. The van der Waals surface area contributed by atoms with Crippen LogP contribution in [0.2, 0.25) is 0 Å². The number of rotatable bonds is 2. The van der Waals surface area contributed by atoms with Crippen molar-refractivity contribution in [3.63, 3.8) is 0 Å². The number of pyridine rings is 1. The number of piperidine rings is 1. The molecule has 2 saturated heterocycles. The molecule has 2 aliphatic rings. The van der Waals surface area contributed by atoms with Crippen LogP contribution in [-0.2, 0) is 0 Å². The number of ether oxygens (including phenoxy) is 1. The maximum absolute atomic E-state index is 6.08. The van der Waals surface area contributed by atoms with Crippen LogP contribution in [0.1, 0.15) is 25.7 Å². The molecule has 17 heavy (non-hydrogen) atoms. The first-order valence-electron chi connectivity index (χ1n) is 6.32. The van der Waals surface area contributed by atoms with Crippen molar-refractivity contribution in [2.24, 2.45) is 5.73 Å². The van der Waals surface area contributed by atoms with E-state index in [1.807, 2.05) is 12.3 Å². The molecule has 4 nitrogen and oxygen atoms in total. The molecule has 1 aromatic rings. The van der Waals surface area contributed by atoms with Gasteiger partial charge in [-0.1, -0.05) is 0 Å². The Kier molecular flexibility index (Phi) is 2.67. The van der Waals surface area contributed by atoms with Crippen LogP contribution in [0, 0.1) is 0 Å². The van der Waals surface area contributed by atoms with Gasteiger partial charge in [0.2, 0.25) is 5.88 Å². The zero-order valence-corrected chi connectivity index (χ0v) is 10.2. The Hall–Kier alpha value is -1.29. The van der Waals surface area contributed by atoms with Gasteiger partial charge >= 0.3 is 0 Å². The molecule has 1 aromatic heterocycles. The Morgan fingerprint density at radius 2 is 2.00 bits per heavy atom. The van der Waals surface area contributed by atoms with Crippen LogP contribution in [0.25, 0.3) is 0 Å². The lowest BCUT2D eigenvalue weighted by Crippen LogP contribution is -2.47. The second-order valence-corrected chi connectivity index (χ2v) is 5.08. The van der Waals surface area contributed by atoms with Crippen LogP contribution < -0.4 is 15.4 Å². The normalized spacial score (nSPS) is 31.6. The second-order valence-electron chi connectivity index (χ2n) is 5.08. The lowest BCUT2D eigenvalue weighted by atomic mass is 9.98. The van der Waals surface area contributed by atoms with E-state index in [2.05, 4.69) is 16.0 Å². The van der Waals surface area contributed by atoms with Crippen molar-refractivity contribution in [1.29, 1.82) is 0 Å². The number of nitrogens with two attached hydrogens (primary N) is 1. The molecule has 2 fully saturated rings. The maximum atomic E-state index is 6.08. The highest BCUT2D eigenvalue weighted by Crippen LogP contribution is 2.38. The second kappa shape index (κ2) is 4.18. The smallest absolute Gasteiger partial charge is 0.213 e. The van der Waals surface area contributed by atoms with E-state index >= 15 is 0 Å². The van der Waals surface area contributed by atoms with E-state index in [0.717, 1.165) is 12.8 Å². The van der Waals surface area contributed by atoms with Crippen molar-refractivity contribution in [3.05, 3.63) is 18.3 Å². The van der Waals surface area contributed by atoms with Crippen LogP contribution in [0.5, 0.6) is 5.88 Å². The Bertz CT molecular complexity index is 378. The Morgan fingerprint density at radius 3 is 2.53 bits per heavy atom. The number of anilines is 1. The number of hydrogen-bond donors (Lipinski definition) is 1. The Balaban J connectivity index is 1.84. The highest BCUT2D eigenvalue weighted by atomic mass is 16.5. The molecule has 3 rings (SSSR count). The van der Waals surface area contributed by atoms with Gasteiger partial charge in [-0.2, -0.15) is 0 Å². The van der Waals surface area contributed by atoms with Gasteiger partial charge in [0.1, 0.15) is 0 Å². The summed E-state index contributed by atoms with van der Waals surface area (Å²) in [5.74, 6) is 0.676. The summed E-state index contributed by atoms with van der Waals surface area (Å²) in [5.41, 5.74) is 7.29. The summed E-state index contributed by atoms with van der Waals surface area (Å²) >= 11 is 0. The van der Waals surface area contributed by atoms with Crippen LogP contribution in [0.15, 0.2) is 18.3 Å². The monoisotopic (exact) mass is 233 g/mol. The molecule has 92 valence electrons. The largest absolute Gasteiger partial charge is 0.481 e. The topological polar surface area (TPSA) is 51.4 Å². The fourth-order valence-corrected chi connectivity index (χ4v) is 3.29. The highest BCUT2D eigenvalue weighted by Gasteiger charge is 2.39. The average molecular weight is 233 g/mol. The SMILES string of the molecule is COc1ccc(N2C3CCC2CC(N)C3)cn1. The lowest BCUT2D eigenvalue weighted by Gasteiger charge is -2.39. The summed E-state index contributed by atoms with van der Waals surface area (Å²) in [4.78, 5) is 6.80. The molecule has 0 radical (unpaired) electrons. The first-order valence-corrected chi connectivity index (χ1v) is 6.32. The summed E-state index contributed by atoms with van der Waals surface area (Å²) in [6.45, 7) is 0. The number of methoxy groups -OCH3 is 1. The minimum atomic E-state index is 0.384. The van der Waals surface area contributed by atoms with Gasteiger partial charge in [0.25, 0.3) is 0 Å². The molecule has 2 bridgehead atoms. The molecule has 0 aliphatic carbocycles. The number of aromatic nitrogens is 1. The van der Waals surface area contributed by atoms with Gasteiger partial charge in [-0.25, -0.2) is 4.98 Å². The zero-order chi connectivity index (χ0) is 11.8. The van der Waals surface area contributed by atoms with Gasteiger partial charge in [0.15, 0.2) is 0 Å². The Labute approximate surface area is 102 Å². The van der Waals surface area contributed by atoms with Crippen molar-refractivity contribution < 1.29 is 4.74 Å². The van der Waals surface area contributed by atoms with E-state index < -0.39 is 0 Å². The van der Waals surface area contributed by atoms with Gasteiger partial charge in [-0.3, -0.25) is 0 Å². The number of fused-ring (bicyclic) bond motifs is 2. The fraction of sp³-hybridized carbons (Fsp3) is 0.615. The van der Waals surface area contributed by atoms with E-state index in [1.54, 1.807) is 7.11 Å². The summed E-state index contributed by atoms with van der Waals surface area (Å²) in [5, 5.41) is 0. The predicted molar refractivity (Wildman–Crippen MR) is 67.3 cm³/mol. The number of nitrogens with zero attached hydrogens (tertiary/aromatic N) is 2. The van der Waals surface area contributed by atoms with Crippen LogP contribution in [-0.4, -0.2) is 30.2 Å². The van der Waals surface area contributed by atoms with Gasteiger partial charge in [-0.05, 0) is 31.7 Å². The van der Waals surface area contributed by atoms with Gasteiger partial charge in [-0.15, -0.1) is 0 Å². The van der Waals surface area contributed by atoms with Gasteiger partial charge in [0.05, 0.1) is 19.0 Å². The molecule has 0 saturated carbocycles. The van der Waals surface area contributed by atoms with Crippen molar-refractivity contribution in [1.82, 2.24) is 4.98 Å². The van der Waals surface area contributed by atoms with Crippen molar-refractivity contribution in [2.45, 2.75) is 43.8 Å². The molecule has 0 amide bonds. The molecule has 4 heteroatoms. The van der Waals surface area contributed by atoms with Crippen LogP contribution in [0.3, 0.4) is 0 Å². The first-order chi connectivity index (χ1) is 8.28. The van der Waals surface area contributed by atoms with Gasteiger partial charge in [0, 0.05) is 24.2 Å². The quantitative estimate of drug-likeness (QED) is 0.842. The Morgan fingerprint density at radius 1 is 1.29 bits per heavy atom. The highest BCUT2D eigenvalue weighted by molar-refractivity contribution is 5.49. The minimum Gasteiger partial charge on any atom is -0.481 e. The summed E-state index contributed by atoms with van der Waals surface area (Å²) < 4.78 is 5.09. The van der Waals surface area contributed by atoms with Crippen LogP contribution in [0.4, 0.5) is 5.69 Å². The third-order valence-corrected chi connectivity index (χ3v) is 4.00. The third kappa shape index (κ3) is 1.86. The predicted octanol–water partition coefficient (Wildman–Crippen LogP) is 1.55. The molecule has 2 aliphatic heterocycles. The average Bonchev–Trinajstić information content (AvgIpc) is 2.62. The van der Waals surface area contributed by atoms with E-state index in [9.17, 15) is 0 Å². The maximum Gasteiger partial charge on any atom is 0.213 e. The van der Waals surface area contributed by atoms with E-state index in [-0.39, 0.29) is 0 Å². The summed E-state index contributed by atoms with van der Waals surface area (Å²) in [7, 11) is 1.64.